The van der Waals surface area contributed by atoms with Crippen LogP contribution in [-0.4, -0.2) is 29.6 Å². The maximum absolute atomic E-state index is 11.2. The summed E-state index contributed by atoms with van der Waals surface area (Å²) in [5.41, 5.74) is 5.99. The lowest BCUT2D eigenvalue weighted by atomic mass is 10.4. The minimum Gasteiger partial charge on any atom is -0.383 e. The van der Waals surface area contributed by atoms with E-state index in [9.17, 15) is 8.42 Å². The van der Waals surface area contributed by atoms with Crippen molar-refractivity contribution in [1.82, 2.24) is 15.0 Å². The number of fused-ring (bicyclic) bond motifs is 1. The number of rotatable bonds is 1. The molecular formula is C7H8N4O2S. The second-order valence-electron chi connectivity index (χ2n) is 2.90. The average molecular weight is 212 g/mol. The Kier molecular flexibility index (Phi) is 1.71. The molecule has 0 saturated heterocycles. The summed E-state index contributed by atoms with van der Waals surface area (Å²) in [5, 5.41) is 0.363. The average Bonchev–Trinajstić information content (AvgIpc) is 2.50. The molecule has 2 heterocycles. The van der Waals surface area contributed by atoms with Crippen molar-refractivity contribution in [2.24, 2.45) is 0 Å². The van der Waals surface area contributed by atoms with Gasteiger partial charge in [0.15, 0.2) is 0 Å². The van der Waals surface area contributed by atoms with E-state index in [-0.39, 0.29) is 11.0 Å². The third-order valence-electron chi connectivity index (χ3n) is 1.76. The van der Waals surface area contributed by atoms with Crippen molar-refractivity contribution in [1.29, 1.82) is 0 Å². The fourth-order valence-electron chi connectivity index (χ4n) is 1.11. The lowest BCUT2D eigenvalue weighted by Crippen LogP contribution is -2.06. The smallest absolute Gasteiger partial charge is 0.250 e. The molecule has 0 spiro atoms. The number of sulfone groups is 1. The van der Waals surface area contributed by atoms with Crippen LogP contribution in [-0.2, 0) is 9.84 Å². The summed E-state index contributed by atoms with van der Waals surface area (Å²) in [7, 11) is -3.42. The molecule has 0 saturated carbocycles. The Bertz CT molecular complexity index is 587. The third-order valence-corrected chi connectivity index (χ3v) is 2.60. The van der Waals surface area contributed by atoms with Gasteiger partial charge >= 0.3 is 0 Å². The third kappa shape index (κ3) is 1.31. The monoisotopic (exact) mass is 212 g/mol. The molecule has 2 rings (SSSR count). The van der Waals surface area contributed by atoms with Crippen molar-refractivity contribution in [3.05, 3.63) is 12.3 Å². The summed E-state index contributed by atoms with van der Waals surface area (Å²) >= 11 is 0. The molecule has 7 heteroatoms. The second-order valence-corrected chi connectivity index (χ2v) is 4.81. The lowest BCUT2D eigenvalue weighted by Gasteiger charge is -1.99. The molecule has 0 bridgehead atoms. The molecule has 14 heavy (non-hydrogen) atoms. The number of nitrogens with one attached hydrogen (secondary N) is 1. The van der Waals surface area contributed by atoms with Crippen LogP contribution in [0.15, 0.2) is 17.4 Å². The van der Waals surface area contributed by atoms with E-state index in [1.54, 1.807) is 12.3 Å². The van der Waals surface area contributed by atoms with Gasteiger partial charge in [-0.15, -0.1) is 0 Å². The molecule has 2 aromatic heterocycles. The molecule has 0 amide bonds. The highest BCUT2D eigenvalue weighted by Gasteiger charge is 2.14. The maximum Gasteiger partial charge on any atom is 0.250 e. The van der Waals surface area contributed by atoms with Crippen molar-refractivity contribution in [2.75, 3.05) is 12.0 Å². The minimum atomic E-state index is -3.42. The van der Waals surface area contributed by atoms with Crippen molar-refractivity contribution in [3.8, 4) is 0 Å². The SMILES string of the molecule is CS(=O)(=O)c1nc(N)c2cc[nH]c2n1. The van der Waals surface area contributed by atoms with Crippen molar-refractivity contribution >= 4 is 26.7 Å². The Morgan fingerprint density at radius 2 is 2.14 bits per heavy atom. The Balaban J connectivity index is 2.83. The number of hydrogen-bond donors (Lipinski definition) is 2. The number of aromatic nitrogens is 3. The molecule has 6 nitrogen and oxygen atoms in total. The van der Waals surface area contributed by atoms with Crippen molar-refractivity contribution < 1.29 is 8.42 Å². The molecular weight excluding hydrogens is 204 g/mol. The minimum absolute atomic E-state index is 0.164. The fraction of sp³-hybridized carbons (Fsp3) is 0.143. The molecule has 3 N–H and O–H groups in total. The van der Waals surface area contributed by atoms with Gasteiger partial charge in [0, 0.05) is 12.5 Å². The first-order valence-electron chi connectivity index (χ1n) is 3.79. The number of anilines is 1. The molecule has 0 radical (unpaired) electrons. The highest BCUT2D eigenvalue weighted by molar-refractivity contribution is 7.90. The van der Waals surface area contributed by atoms with Crippen LogP contribution in [0.2, 0.25) is 0 Å². The number of nitrogens with two attached hydrogens (primary N) is 1. The van der Waals surface area contributed by atoms with Gasteiger partial charge in [-0.25, -0.2) is 18.4 Å². The van der Waals surface area contributed by atoms with Crippen LogP contribution in [0.1, 0.15) is 0 Å². The van der Waals surface area contributed by atoms with Gasteiger partial charge in [0.2, 0.25) is 9.84 Å². The number of aromatic amines is 1. The van der Waals surface area contributed by atoms with Gasteiger partial charge in [0.05, 0.1) is 5.39 Å². The Labute approximate surface area is 80.1 Å². The summed E-state index contributed by atoms with van der Waals surface area (Å²) in [6, 6.07) is 1.69. The Morgan fingerprint density at radius 3 is 2.79 bits per heavy atom. The summed E-state index contributed by atoms with van der Waals surface area (Å²) in [6.45, 7) is 0. The molecule has 0 aliphatic heterocycles. The summed E-state index contributed by atoms with van der Waals surface area (Å²) < 4.78 is 22.3. The first-order chi connectivity index (χ1) is 6.48. The van der Waals surface area contributed by atoms with E-state index in [4.69, 9.17) is 5.73 Å². The van der Waals surface area contributed by atoms with Crippen LogP contribution in [0.3, 0.4) is 0 Å². The van der Waals surface area contributed by atoms with Gasteiger partial charge in [-0.1, -0.05) is 0 Å². The first-order valence-corrected chi connectivity index (χ1v) is 5.68. The topological polar surface area (TPSA) is 102 Å². The normalized spacial score (nSPS) is 12.1. The van der Waals surface area contributed by atoms with Gasteiger partial charge in [0.1, 0.15) is 11.5 Å². The molecule has 0 unspecified atom stereocenters. The van der Waals surface area contributed by atoms with Gasteiger partial charge in [-0.2, -0.15) is 0 Å². The number of nitrogen functional groups attached to an aromatic ring is 1. The van der Waals surface area contributed by atoms with Gasteiger partial charge in [-0.3, -0.25) is 0 Å². The maximum atomic E-state index is 11.2. The van der Waals surface area contributed by atoms with Gasteiger partial charge in [-0.05, 0) is 6.07 Å². The van der Waals surface area contributed by atoms with E-state index in [2.05, 4.69) is 15.0 Å². The molecule has 2 aromatic rings. The van der Waals surface area contributed by atoms with Crippen molar-refractivity contribution in [2.45, 2.75) is 5.16 Å². The number of H-pyrrole nitrogens is 1. The lowest BCUT2D eigenvalue weighted by molar-refractivity contribution is 0.594. The molecule has 0 aliphatic carbocycles. The molecule has 0 atom stereocenters. The first kappa shape index (κ1) is 8.95. The molecule has 74 valence electrons. The van der Waals surface area contributed by atoms with E-state index in [0.29, 0.717) is 11.0 Å². The zero-order valence-electron chi connectivity index (χ0n) is 7.35. The highest BCUT2D eigenvalue weighted by atomic mass is 32.2. The van der Waals surface area contributed by atoms with Crippen LogP contribution < -0.4 is 5.73 Å². The quantitative estimate of drug-likeness (QED) is 0.645. The van der Waals surface area contributed by atoms with E-state index >= 15 is 0 Å². The van der Waals surface area contributed by atoms with Crippen LogP contribution in [0.4, 0.5) is 5.82 Å². The van der Waals surface area contributed by atoms with Gasteiger partial charge < -0.3 is 10.7 Å². The van der Waals surface area contributed by atoms with Crippen LogP contribution >= 0.6 is 0 Å². The summed E-state index contributed by atoms with van der Waals surface area (Å²) in [5.74, 6) is 0.164. The predicted molar refractivity (Wildman–Crippen MR) is 51.4 cm³/mol. The van der Waals surface area contributed by atoms with E-state index in [1.807, 2.05) is 0 Å². The molecule has 0 aromatic carbocycles. The Morgan fingerprint density at radius 1 is 1.43 bits per heavy atom. The fourth-order valence-corrected chi connectivity index (χ4v) is 1.63. The Hall–Kier alpha value is -1.63. The number of hydrogen-bond acceptors (Lipinski definition) is 5. The largest absolute Gasteiger partial charge is 0.383 e. The highest BCUT2D eigenvalue weighted by Crippen LogP contribution is 2.17. The zero-order chi connectivity index (χ0) is 10.3. The molecule has 0 fully saturated rings. The van der Waals surface area contributed by atoms with Crippen LogP contribution in [0.5, 0.6) is 0 Å². The standard InChI is InChI=1S/C7H8N4O2S/c1-14(12,13)7-10-5(8)4-2-3-9-6(4)11-7/h2-3H,1H3,(H3,8,9,10,11). The van der Waals surface area contributed by atoms with E-state index in [1.165, 1.54) is 0 Å². The number of nitrogens with zero attached hydrogens (tertiary/aromatic N) is 2. The van der Waals surface area contributed by atoms with Gasteiger partial charge in [0.25, 0.3) is 5.16 Å². The second kappa shape index (κ2) is 2.68. The van der Waals surface area contributed by atoms with E-state index in [0.717, 1.165) is 6.26 Å². The zero-order valence-corrected chi connectivity index (χ0v) is 8.17. The predicted octanol–water partition coefficient (Wildman–Crippen LogP) is -0.0564. The van der Waals surface area contributed by atoms with Crippen molar-refractivity contribution in [3.63, 3.8) is 0 Å². The summed E-state index contributed by atoms with van der Waals surface area (Å²) in [4.78, 5) is 10.3. The summed E-state index contributed by atoms with van der Waals surface area (Å²) in [6.07, 6.45) is 2.66. The van der Waals surface area contributed by atoms with Crippen LogP contribution in [0.25, 0.3) is 11.0 Å². The van der Waals surface area contributed by atoms with Crippen LogP contribution in [0, 0.1) is 0 Å². The molecule has 0 aliphatic rings. The van der Waals surface area contributed by atoms with E-state index < -0.39 is 9.84 Å².